The van der Waals surface area contributed by atoms with Gasteiger partial charge in [-0.3, -0.25) is 0 Å². The van der Waals surface area contributed by atoms with Crippen LogP contribution >= 0.6 is 11.6 Å². The molecule has 5 heteroatoms. The monoisotopic (exact) mass is 269 g/mol. The van der Waals surface area contributed by atoms with Crippen LogP contribution in [0.1, 0.15) is 12.6 Å². The van der Waals surface area contributed by atoms with Crippen molar-refractivity contribution in [2.45, 2.75) is 19.5 Å². The number of hydrogen-bond donors (Lipinski definition) is 0. The van der Waals surface area contributed by atoms with Gasteiger partial charge >= 0.3 is 0 Å². The Morgan fingerprint density at radius 2 is 2.28 bits per heavy atom. The molecule has 4 nitrogen and oxygen atoms in total. The third-order valence-corrected chi connectivity index (χ3v) is 3.27. The molecule has 1 saturated heterocycles. The normalized spacial score (nSPS) is 20.5. The molecule has 1 aliphatic heterocycles. The first-order chi connectivity index (χ1) is 8.58. The van der Waals surface area contributed by atoms with E-state index in [1.165, 1.54) is 5.69 Å². The average molecular weight is 270 g/mol. The average Bonchev–Trinajstić information content (AvgIpc) is 2.30. The molecule has 2 heterocycles. The summed E-state index contributed by atoms with van der Waals surface area (Å²) in [7, 11) is 4.07. The lowest BCUT2D eigenvalue weighted by atomic mass is 10.2. The fourth-order valence-electron chi connectivity index (χ4n) is 2.23. The Bertz CT molecular complexity index is 411. The number of pyridine rings is 1. The Morgan fingerprint density at radius 3 is 2.94 bits per heavy atom. The maximum Gasteiger partial charge on any atom is 0.129 e. The fourth-order valence-corrected chi connectivity index (χ4v) is 2.39. The van der Waals surface area contributed by atoms with Crippen LogP contribution in [-0.2, 0) is 11.3 Å². The van der Waals surface area contributed by atoms with Gasteiger partial charge in [-0.15, -0.1) is 0 Å². The standard InChI is InChI=1S/C13H20ClN3O/c1-10-9-18-7-6-17(10)12-4-5-13(14)15-11(12)8-16(2)3/h4-5,10H,6-9H2,1-3H3/t10-/m1/s1. The van der Waals surface area contributed by atoms with Gasteiger partial charge in [0.1, 0.15) is 5.15 Å². The molecule has 0 saturated carbocycles. The van der Waals surface area contributed by atoms with Crippen molar-refractivity contribution < 1.29 is 4.74 Å². The summed E-state index contributed by atoms with van der Waals surface area (Å²) in [6.07, 6.45) is 0. The smallest absolute Gasteiger partial charge is 0.129 e. The predicted octanol–water partition coefficient (Wildman–Crippen LogP) is 2.02. The van der Waals surface area contributed by atoms with Gasteiger partial charge in [-0.1, -0.05) is 11.6 Å². The van der Waals surface area contributed by atoms with E-state index in [0.717, 1.165) is 32.0 Å². The van der Waals surface area contributed by atoms with Gasteiger partial charge in [-0.2, -0.15) is 0 Å². The highest BCUT2D eigenvalue weighted by Gasteiger charge is 2.22. The lowest BCUT2D eigenvalue weighted by Crippen LogP contribution is -2.44. The summed E-state index contributed by atoms with van der Waals surface area (Å²) in [6.45, 7) is 5.41. The molecule has 0 spiro atoms. The quantitative estimate of drug-likeness (QED) is 0.785. The third kappa shape index (κ3) is 3.13. The molecule has 2 rings (SSSR count). The van der Waals surface area contributed by atoms with Crippen molar-refractivity contribution in [1.82, 2.24) is 9.88 Å². The summed E-state index contributed by atoms with van der Waals surface area (Å²) < 4.78 is 5.48. The van der Waals surface area contributed by atoms with Crippen LogP contribution in [0.2, 0.25) is 5.15 Å². The molecule has 0 aromatic carbocycles. The van der Waals surface area contributed by atoms with Gasteiger partial charge in [0, 0.05) is 19.1 Å². The molecule has 0 radical (unpaired) electrons. The Balaban J connectivity index is 2.30. The Kier molecular flexibility index (Phi) is 4.43. The number of morpholine rings is 1. The van der Waals surface area contributed by atoms with Gasteiger partial charge in [0.2, 0.25) is 0 Å². The van der Waals surface area contributed by atoms with Crippen molar-refractivity contribution in [1.29, 1.82) is 0 Å². The third-order valence-electron chi connectivity index (χ3n) is 3.06. The van der Waals surface area contributed by atoms with E-state index >= 15 is 0 Å². The first-order valence-corrected chi connectivity index (χ1v) is 6.60. The Labute approximate surface area is 114 Å². The first kappa shape index (κ1) is 13.6. The van der Waals surface area contributed by atoms with E-state index in [-0.39, 0.29) is 0 Å². The molecule has 1 aromatic heterocycles. The van der Waals surface area contributed by atoms with Crippen molar-refractivity contribution in [2.75, 3.05) is 38.8 Å². The number of nitrogens with zero attached hydrogens (tertiary/aromatic N) is 3. The van der Waals surface area contributed by atoms with E-state index in [9.17, 15) is 0 Å². The maximum absolute atomic E-state index is 6.00. The van der Waals surface area contributed by atoms with Crippen LogP contribution in [0.4, 0.5) is 5.69 Å². The highest BCUT2D eigenvalue weighted by Crippen LogP contribution is 2.25. The molecule has 1 fully saturated rings. The summed E-state index contributed by atoms with van der Waals surface area (Å²) >= 11 is 6.00. The van der Waals surface area contributed by atoms with E-state index in [4.69, 9.17) is 16.3 Å². The summed E-state index contributed by atoms with van der Waals surface area (Å²) in [6, 6.07) is 4.30. The topological polar surface area (TPSA) is 28.6 Å². The van der Waals surface area contributed by atoms with E-state index in [1.54, 1.807) is 0 Å². The predicted molar refractivity (Wildman–Crippen MR) is 74.3 cm³/mol. The molecule has 1 aromatic rings. The minimum absolute atomic E-state index is 0.377. The largest absolute Gasteiger partial charge is 0.377 e. The second-order valence-electron chi connectivity index (χ2n) is 4.95. The summed E-state index contributed by atoms with van der Waals surface area (Å²) in [5.74, 6) is 0. The molecule has 0 aliphatic carbocycles. The van der Waals surface area contributed by atoms with Crippen LogP contribution in [0, 0.1) is 0 Å². The Morgan fingerprint density at radius 1 is 1.50 bits per heavy atom. The summed E-state index contributed by atoms with van der Waals surface area (Å²) in [4.78, 5) is 8.92. The molecular weight excluding hydrogens is 250 g/mol. The highest BCUT2D eigenvalue weighted by atomic mass is 35.5. The van der Waals surface area contributed by atoms with E-state index in [0.29, 0.717) is 11.2 Å². The van der Waals surface area contributed by atoms with Gasteiger partial charge in [0.05, 0.1) is 24.6 Å². The van der Waals surface area contributed by atoms with Crippen LogP contribution in [-0.4, -0.2) is 49.8 Å². The van der Waals surface area contributed by atoms with Gasteiger partial charge in [0.25, 0.3) is 0 Å². The zero-order chi connectivity index (χ0) is 13.1. The first-order valence-electron chi connectivity index (χ1n) is 6.22. The molecule has 0 N–H and O–H groups in total. The van der Waals surface area contributed by atoms with Crippen LogP contribution < -0.4 is 4.90 Å². The van der Waals surface area contributed by atoms with Crippen LogP contribution in [0.5, 0.6) is 0 Å². The lowest BCUT2D eigenvalue weighted by Gasteiger charge is -2.36. The van der Waals surface area contributed by atoms with Crippen molar-refractivity contribution in [2.24, 2.45) is 0 Å². The van der Waals surface area contributed by atoms with Gasteiger partial charge in [-0.05, 0) is 33.2 Å². The van der Waals surface area contributed by atoms with Gasteiger partial charge < -0.3 is 14.5 Å². The second-order valence-corrected chi connectivity index (χ2v) is 5.34. The van der Waals surface area contributed by atoms with Gasteiger partial charge in [-0.25, -0.2) is 4.98 Å². The molecule has 18 heavy (non-hydrogen) atoms. The number of halogens is 1. The second kappa shape index (κ2) is 5.87. The molecule has 1 atom stereocenters. The fraction of sp³-hybridized carbons (Fsp3) is 0.615. The van der Waals surface area contributed by atoms with Crippen molar-refractivity contribution in [3.05, 3.63) is 23.0 Å². The van der Waals surface area contributed by atoms with Crippen molar-refractivity contribution in [3.63, 3.8) is 0 Å². The number of anilines is 1. The van der Waals surface area contributed by atoms with Gasteiger partial charge in [0.15, 0.2) is 0 Å². The molecule has 100 valence electrons. The van der Waals surface area contributed by atoms with E-state index < -0.39 is 0 Å². The number of rotatable bonds is 3. The van der Waals surface area contributed by atoms with Crippen molar-refractivity contribution in [3.8, 4) is 0 Å². The summed E-state index contributed by atoms with van der Waals surface area (Å²) in [5.41, 5.74) is 2.20. The summed E-state index contributed by atoms with van der Waals surface area (Å²) in [5, 5.41) is 0.552. The molecule has 0 unspecified atom stereocenters. The number of ether oxygens (including phenoxy) is 1. The number of aromatic nitrogens is 1. The van der Waals surface area contributed by atoms with E-state index in [2.05, 4.69) is 27.8 Å². The molecule has 0 bridgehead atoms. The van der Waals surface area contributed by atoms with Crippen LogP contribution in [0.15, 0.2) is 12.1 Å². The zero-order valence-corrected chi connectivity index (χ0v) is 11.9. The number of hydrogen-bond acceptors (Lipinski definition) is 4. The van der Waals surface area contributed by atoms with Crippen molar-refractivity contribution >= 4 is 17.3 Å². The highest BCUT2D eigenvalue weighted by molar-refractivity contribution is 6.29. The molecular formula is C13H20ClN3O. The molecule has 1 aliphatic rings. The SMILES string of the molecule is C[C@@H]1COCCN1c1ccc(Cl)nc1CN(C)C. The Hall–Kier alpha value is -0.840. The minimum atomic E-state index is 0.377. The maximum atomic E-state index is 6.00. The van der Waals surface area contributed by atoms with Crippen LogP contribution in [0.25, 0.3) is 0 Å². The lowest BCUT2D eigenvalue weighted by molar-refractivity contribution is 0.0987. The van der Waals surface area contributed by atoms with E-state index in [1.807, 2.05) is 20.2 Å². The van der Waals surface area contributed by atoms with Crippen LogP contribution in [0.3, 0.4) is 0 Å². The molecule has 0 amide bonds. The minimum Gasteiger partial charge on any atom is -0.377 e. The zero-order valence-electron chi connectivity index (χ0n) is 11.2.